The van der Waals surface area contributed by atoms with Gasteiger partial charge in [-0.15, -0.1) is 0 Å². The topological polar surface area (TPSA) is 33.3 Å². The minimum Gasteiger partial charge on any atom is -0.493 e. The fourth-order valence-electron chi connectivity index (χ4n) is 3.16. The largest absolute Gasteiger partial charge is 0.493 e. The molecule has 98 valence electrons. The average molecular weight is 246 g/mol. The molecule has 1 aromatic carbocycles. The summed E-state index contributed by atoms with van der Waals surface area (Å²) in [6, 6.07) is 7.63. The molecule has 2 unspecified atom stereocenters. The molecular weight excluding hydrogens is 224 g/mol. The van der Waals surface area contributed by atoms with E-state index in [4.69, 9.17) is 4.74 Å². The summed E-state index contributed by atoms with van der Waals surface area (Å²) in [6.45, 7) is 1.99. The summed E-state index contributed by atoms with van der Waals surface area (Å²) in [6.07, 6.45) is 4.96. The Morgan fingerprint density at radius 2 is 2.33 bits per heavy atom. The number of hydrogen-bond donors (Lipinski definition) is 2. The number of likely N-dealkylation sites (N-methyl/N-ethyl adjacent to an activating group) is 1. The highest BCUT2D eigenvalue weighted by Gasteiger charge is 2.24. The van der Waals surface area contributed by atoms with E-state index in [0.29, 0.717) is 12.1 Å². The number of fused-ring (bicyclic) bond motifs is 1. The quantitative estimate of drug-likeness (QED) is 0.856. The molecule has 1 saturated heterocycles. The van der Waals surface area contributed by atoms with E-state index in [-0.39, 0.29) is 0 Å². The summed E-state index contributed by atoms with van der Waals surface area (Å²) in [5.74, 6) is 1.07. The first-order valence-corrected chi connectivity index (χ1v) is 7.05. The Hall–Kier alpha value is -1.06. The van der Waals surface area contributed by atoms with Gasteiger partial charge in [0.2, 0.25) is 0 Å². The first-order valence-electron chi connectivity index (χ1n) is 7.05. The zero-order chi connectivity index (χ0) is 12.4. The van der Waals surface area contributed by atoms with Gasteiger partial charge in [-0.25, -0.2) is 0 Å². The van der Waals surface area contributed by atoms with Crippen molar-refractivity contribution >= 4 is 0 Å². The zero-order valence-electron chi connectivity index (χ0n) is 11.0. The van der Waals surface area contributed by atoms with E-state index in [9.17, 15) is 0 Å². The second-order valence-corrected chi connectivity index (χ2v) is 5.29. The molecule has 0 aliphatic carbocycles. The van der Waals surface area contributed by atoms with Gasteiger partial charge in [0.05, 0.1) is 6.61 Å². The van der Waals surface area contributed by atoms with Gasteiger partial charge in [-0.2, -0.15) is 0 Å². The molecule has 1 aromatic rings. The summed E-state index contributed by atoms with van der Waals surface area (Å²) in [5, 5.41) is 7.12. The van der Waals surface area contributed by atoms with Gasteiger partial charge < -0.3 is 15.4 Å². The van der Waals surface area contributed by atoms with Gasteiger partial charge in [-0.05, 0) is 43.6 Å². The third-order valence-corrected chi connectivity index (χ3v) is 4.13. The van der Waals surface area contributed by atoms with Crippen molar-refractivity contribution in [3.05, 3.63) is 29.3 Å². The molecule has 0 radical (unpaired) electrons. The number of ether oxygens (including phenoxy) is 1. The van der Waals surface area contributed by atoms with Crippen molar-refractivity contribution in [3.8, 4) is 5.75 Å². The van der Waals surface area contributed by atoms with Gasteiger partial charge >= 0.3 is 0 Å². The Balaban J connectivity index is 1.82. The van der Waals surface area contributed by atoms with E-state index in [0.717, 1.165) is 25.3 Å². The van der Waals surface area contributed by atoms with Crippen LogP contribution in [0.5, 0.6) is 5.75 Å². The fourth-order valence-corrected chi connectivity index (χ4v) is 3.16. The Bertz CT molecular complexity index is 413. The van der Waals surface area contributed by atoms with Crippen LogP contribution in [0.4, 0.5) is 0 Å². The van der Waals surface area contributed by atoms with Gasteiger partial charge in [-0.1, -0.05) is 18.6 Å². The van der Waals surface area contributed by atoms with E-state index in [1.54, 1.807) is 0 Å². The molecule has 1 fully saturated rings. The molecule has 0 spiro atoms. The second-order valence-electron chi connectivity index (χ2n) is 5.29. The minimum absolute atomic E-state index is 0.413. The predicted molar refractivity (Wildman–Crippen MR) is 73.1 cm³/mol. The monoisotopic (exact) mass is 246 g/mol. The summed E-state index contributed by atoms with van der Waals surface area (Å²) < 4.78 is 5.58. The van der Waals surface area contributed by atoms with Crippen molar-refractivity contribution in [1.29, 1.82) is 0 Å². The first kappa shape index (κ1) is 12.0. The molecule has 2 heterocycles. The number of rotatable bonds is 3. The van der Waals surface area contributed by atoms with Crippen LogP contribution in [0.15, 0.2) is 18.2 Å². The molecule has 3 rings (SSSR count). The van der Waals surface area contributed by atoms with E-state index in [1.807, 2.05) is 0 Å². The standard InChI is InChI=1S/C15H22N2O/c1-16-15(13-4-2-3-8-17-13)12-5-6-14-11(10-12)7-9-18-14/h5-6,10,13,15-17H,2-4,7-9H2,1H3. The SMILES string of the molecule is CNC(c1ccc2c(c1)CCO2)C1CCCCN1. The van der Waals surface area contributed by atoms with Gasteiger partial charge in [0.1, 0.15) is 5.75 Å². The van der Waals surface area contributed by atoms with Crippen LogP contribution in [0.2, 0.25) is 0 Å². The summed E-state index contributed by atoms with van der Waals surface area (Å²) in [4.78, 5) is 0. The second kappa shape index (κ2) is 5.29. The molecule has 2 aliphatic heterocycles. The van der Waals surface area contributed by atoms with Crippen LogP contribution in [-0.2, 0) is 6.42 Å². The maximum absolute atomic E-state index is 5.58. The lowest BCUT2D eigenvalue weighted by molar-refractivity contribution is 0.326. The van der Waals surface area contributed by atoms with Crippen molar-refractivity contribution in [2.24, 2.45) is 0 Å². The van der Waals surface area contributed by atoms with Crippen LogP contribution < -0.4 is 15.4 Å². The van der Waals surface area contributed by atoms with Crippen LogP contribution in [0.1, 0.15) is 36.4 Å². The molecule has 2 atom stereocenters. The molecule has 0 amide bonds. The minimum atomic E-state index is 0.413. The van der Waals surface area contributed by atoms with Crippen LogP contribution in [-0.4, -0.2) is 26.2 Å². The molecule has 2 aliphatic rings. The normalized spacial score (nSPS) is 24.4. The van der Waals surface area contributed by atoms with Gasteiger partial charge in [0.25, 0.3) is 0 Å². The molecule has 18 heavy (non-hydrogen) atoms. The average Bonchev–Trinajstić information content (AvgIpc) is 2.88. The summed E-state index contributed by atoms with van der Waals surface area (Å²) in [5.41, 5.74) is 2.75. The van der Waals surface area contributed by atoms with Crippen molar-refractivity contribution in [2.75, 3.05) is 20.2 Å². The maximum Gasteiger partial charge on any atom is 0.122 e. The highest BCUT2D eigenvalue weighted by Crippen LogP contribution is 2.30. The lowest BCUT2D eigenvalue weighted by atomic mass is 9.91. The molecule has 0 aromatic heterocycles. The fraction of sp³-hybridized carbons (Fsp3) is 0.600. The third kappa shape index (κ3) is 2.25. The third-order valence-electron chi connectivity index (χ3n) is 4.13. The van der Waals surface area contributed by atoms with Crippen molar-refractivity contribution in [1.82, 2.24) is 10.6 Å². The van der Waals surface area contributed by atoms with Gasteiger partial charge in [0, 0.05) is 18.5 Å². The van der Waals surface area contributed by atoms with Crippen LogP contribution in [0.25, 0.3) is 0 Å². The molecular formula is C15H22N2O. The molecule has 0 saturated carbocycles. The van der Waals surface area contributed by atoms with E-state index in [2.05, 4.69) is 35.9 Å². The molecule has 3 heteroatoms. The van der Waals surface area contributed by atoms with Crippen molar-refractivity contribution < 1.29 is 4.74 Å². The smallest absolute Gasteiger partial charge is 0.122 e. The van der Waals surface area contributed by atoms with E-state index >= 15 is 0 Å². The summed E-state index contributed by atoms with van der Waals surface area (Å²) in [7, 11) is 2.06. The Morgan fingerprint density at radius 3 is 3.11 bits per heavy atom. The highest BCUT2D eigenvalue weighted by molar-refractivity contribution is 5.41. The summed E-state index contributed by atoms with van der Waals surface area (Å²) >= 11 is 0. The number of benzene rings is 1. The molecule has 0 bridgehead atoms. The van der Waals surface area contributed by atoms with Crippen molar-refractivity contribution in [3.63, 3.8) is 0 Å². The van der Waals surface area contributed by atoms with E-state index in [1.165, 1.54) is 30.4 Å². The molecule has 2 N–H and O–H groups in total. The van der Waals surface area contributed by atoms with Crippen molar-refractivity contribution in [2.45, 2.75) is 37.8 Å². The highest BCUT2D eigenvalue weighted by atomic mass is 16.5. The lowest BCUT2D eigenvalue weighted by Gasteiger charge is -2.31. The van der Waals surface area contributed by atoms with Gasteiger partial charge in [0.15, 0.2) is 0 Å². The van der Waals surface area contributed by atoms with Crippen LogP contribution in [0, 0.1) is 0 Å². The first-order chi connectivity index (χ1) is 8.88. The van der Waals surface area contributed by atoms with Crippen LogP contribution in [0.3, 0.4) is 0 Å². The predicted octanol–water partition coefficient (Wildman–Crippen LogP) is 2.02. The maximum atomic E-state index is 5.58. The number of nitrogens with one attached hydrogen (secondary N) is 2. The van der Waals surface area contributed by atoms with Crippen LogP contribution >= 0.6 is 0 Å². The molecule has 3 nitrogen and oxygen atoms in total. The Kier molecular flexibility index (Phi) is 3.52. The number of piperidine rings is 1. The number of hydrogen-bond acceptors (Lipinski definition) is 3. The Labute approximate surface area is 109 Å². The van der Waals surface area contributed by atoms with Gasteiger partial charge in [-0.3, -0.25) is 0 Å². The Morgan fingerprint density at radius 1 is 1.39 bits per heavy atom. The van der Waals surface area contributed by atoms with E-state index < -0.39 is 0 Å². The zero-order valence-corrected chi connectivity index (χ0v) is 11.0. The lowest BCUT2D eigenvalue weighted by Crippen LogP contribution is -2.43.